The number of hydrogen-bond acceptors (Lipinski definition) is 6. The highest BCUT2D eigenvalue weighted by Gasteiger charge is 2.24. The molecule has 1 aliphatic heterocycles. The molecule has 1 aromatic carbocycles. The van der Waals surface area contributed by atoms with Gasteiger partial charge in [-0.25, -0.2) is 0 Å². The highest BCUT2D eigenvalue weighted by molar-refractivity contribution is 5.53. The van der Waals surface area contributed by atoms with Crippen LogP contribution < -0.4 is 5.73 Å². The van der Waals surface area contributed by atoms with Crippen LogP contribution in [0.1, 0.15) is 17.5 Å². The molecule has 20 heavy (non-hydrogen) atoms. The van der Waals surface area contributed by atoms with Crippen molar-refractivity contribution in [3.05, 3.63) is 35.7 Å². The number of morpholine rings is 1. The Bertz CT molecular complexity index is 567. The molecule has 0 radical (unpaired) electrons. The van der Waals surface area contributed by atoms with Gasteiger partial charge in [0.2, 0.25) is 5.82 Å². The monoisotopic (exact) mass is 274 g/mol. The predicted molar refractivity (Wildman–Crippen MR) is 73.8 cm³/mol. The van der Waals surface area contributed by atoms with Gasteiger partial charge < -0.3 is 19.9 Å². The Morgan fingerprint density at radius 3 is 2.85 bits per heavy atom. The number of ether oxygens (including phenoxy) is 1. The number of nitrogens with two attached hydrogens (primary N) is 1. The van der Waals surface area contributed by atoms with Crippen LogP contribution >= 0.6 is 0 Å². The van der Waals surface area contributed by atoms with Gasteiger partial charge in [0.05, 0.1) is 6.61 Å². The van der Waals surface area contributed by atoms with E-state index in [1.807, 2.05) is 24.3 Å². The van der Waals surface area contributed by atoms with Crippen molar-refractivity contribution >= 4 is 0 Å². The molecule has 3 rings (SSSR count). The molecule has 1 aliphatic rings. The van der Waals surface area contributed by atoms with Gasteiger partial charge in [-0.15, -0.1) is 0 Å². The molecule has 1 atom stereocenters. The summed E-state index contributed by atoms with van der Waals surface area (Å²) in [5.41, 5.74) is 7.55. The largest absolute Gasteiger partial charge is 0.367 e. The van der Waals surface area contributed by atoms with Gasteiger partial charge in [0.15, 0.2) is 0 Å². The quantitative estimate of drug-likeness (QED) is 0.906. The molecule has 2 heterocycles. The van der Waals surface area contributed by atoms with E-state index in [-0.39, 0.29) is 6.10 Å². The lowest BCUT2D eigenvalue weighted by Crippen LogP contribution is -2.35. The Morgan fingerprint density at radius 2 is 2.15 bits per heavy atom. The van der Waals surface area contributed by atoms with Crippen LogP contribution in [0.15, 0.2) is 28.8 Å². The number of benzene rings is 1. The first-order valence-electron chi connectivity index (χ1n) is 6.69. The Morgan fingerprint density at radius 1 is 1.35 bits per heavy atom. The predicted octanol–water partition coefficient (Wildman–Crippen LogP) is 1.20. The van der Waals surface area contributed by atoms with Crippen LogP contribution in [-0.4, -0.2) is 41.8 Å². The molecule has 2 aromatic rings. The molecule has 0 spiro atoms. The Hall–Kier alpha value is -1.76. The summed E-state index contributed by atoms with van der Waals surface area (Å²) in [6.07, 6.45) is -0.116. The van der Waals surface area contributed by atoms with Crippen molar-refractivity contribution in [2.75, 3.05) is 26.7 Å². The van der Waals surface area contributed by atoms with Crippen molar-refractivity contribution in [3.63, 3.8) is 0 Å². The first-order valence-corrected chi connectivity index (χ1v) is 6.69. The average Bonchev–Trinajstić information content (AvgIpc) is 2.97. The van der Waals surface area contributed by atoms with E-state index < -0.39 is 0 Å². The summed E-state index contributed by atoms with van der Waals surface area (Å²) >= 11 is 0. The molecule has 1 saturated heterocycles. The van der Waals surface area contributed by atoms with E-state index in [1.165, 1.54) is 0 Å². The van der Waals surface area contributed by atoms with Crippen LogP contribution in [0.2, 0.25) is 0 Å². The second-order valence-electron chi connectivity index (χ2n) is 4.98. The second kappa shape index (κ2) is 5.70. The van der Waals surface area contributed by atoms with Crippen LogP contribution in [-0.2, 0) is 11.3 Å². The second-order valence-corrected chi connectivity index (χ2v) is 4.98. The Kier molecular flexibility index (Phi) is 3.77. The maximum atomic E-state index is 5.68. The highest BCUT2D eigenvalue weighted by Crippen LogP contribution is 2.23. The number of nitrogens with zero attached hydrogens (tertiary/aromatic N) is 3. The highest BCUT2D eigenvalue weighted by atomic mass is 16.5. The average molecular weight is 274 g/mol. The van der Waals surface area contributed by atoms with Gasteiger partial charge in [0.25, 0.3) is 5.89 Å². The molecule has 2 N–H and O–H groups in total. The first-order chi connectivity index (χ1) is 9.76. The van der Waals surface area contributed by atoms with Crippen molar-refractivity contribution in [1.29, 1.82) is 0 Å². The summed E-state index contributed by atoms with van der Waals surface area (Å²) in [5, 5.41) is 4.03. The minimum absolute atomic E-state index is 0.116. The SMILES string of the molecule is CN1CCOC(c2noc(-c3ccc(CN)cc3)n2)C1. The van der Waals surface area contributed by atoms with E-state index in [9.17, 15) is 0 Å². The number of rotatable bonds is 3. The van der Waals surface area contributed by atoms with Crippen LogP contribution in [0.5, 0.6) is 0 Å². The van der Waals surface area contributed by atoms with Gasteiger partial charge in [0, 0.05) is 25.2 Å². The van der Waals surface area contributed by atoms with Gasteiger partial charge in [-0.05, 0) is 24.7 Å². The van der Waals surface area contributed by atoms with Crippen molar-refractivity contribution in [2.45, 2.75) is 12.6 Å². The number of hydrogen-bond donors (Lipinski definition) is 1. The lowest BCUT2D eigenvalue weighted by molar-refractivity contribution is -0.0264. The molecule has 0 bridgehead atoms. The van der Waals surface area contributed by atoms with Crippen LogP contribution in [0.4, 0.5) is 0 Å². The lowest BCUT2D eigenvalue weighted by atomic mass is 10.1. The third-order valence-electron chi connectivity index (χ3n) is 3.44. The van der Waals surface area contributed by atoms with Gasteiger partial charge >= 0.3 is 0 Å². The molecular weight excluding hydrogens is 256 g/mol. The van der Waals surface area contributed by atoms with E-state index in [4.69, 9.17) is 15.0 Å². The minimum Gasteiger partial charge on any atom is -0.367 e. The zero-order valence-electron chi connectivity index (χ0n) is 11.5. The topological polar surface area (TPSA) is 77.4 Å². The first kappa shape index (κ1) is 13.2. The summed E-state index contributed by atoms with van der Waals surface area (Å²) in [7, 11) is 2.06. The summed E-state index contributed by atoms with van der Waals surface area (Å²) in [6, 6.07) is 7.80. The van der Waals surface area contributed by atoms with Crippen LogP contribution in [0, 0.1) is 0 Å². The normalized spacial score (nSPS) is 20.2. The van der Waals surface area contributed by atoms with Gasteiger partial charge in [-0.3, -0.25) is 0 Å². The zero-order chi connectivity index (χ0) is 13.9. The fourth-order valence-corrected chi connectivity index (χ4v) is 2.20. The van der Waals surface area contributed by atoms with E-state index in [0.29, 0.717) is 24.9 Å². The molecular formula is C14H18N4O2. The summed E-state index contributed by atoms with van der Waals surface area (Å²) in [5.74, 6) is 1.12. The molecule has 106 valence electrons. The number of likely N-dealkylation sites (N-methyl/N-ethyl adjacent to an activating group) is 1. The molecule has 1 aromatic heterocycles. The summed E-state index contributed by atoms with van der Waals surface area (Å²) in [4.78, 5) is 6.63. The third kappa shape index (κ3) is 2.72. The smallest absolute Gasteiger partial charge is 0.258 e. The maximum Gasteiger partial charge on any atom is 0.258 e. The summed E-state index contributed by atoms with van der Waals surface area (Å²) < 4.78 is 11.0. The fourth-order valence-electron chi connectivity index (χ4n) is 2.20. The maximum absolute atomic E-state index is 5.68. The molecule has 0 aliphatic carbocycles. The van der Waals surface area contributed by atoms with E-state index in [0.717, 1.165) is 24.2 Å². The lowest BCUT2D eigenvalue weighted by Gasteiger charge is -2.27. The Labute approximate surface area is 117 Å². The fraction of sp³-hybridized carbons (Fsp3) is 0.429. The third-order valence-corrected chi connectivity index (χ3v) is 3.44. The minimum atomic E-state index is -0.116. The van der Waals surface area contributed by atoms with Crippen molar-refractivity contribution in [3.8, 4) is 11.5 Å². The van der Waals surface area contributed by atoms with Crippen molar-refractivity contribution < 1.29 is 9.26 Å². The summed E-state index contributed by atoms with van der Waals surface area (Å²) in [6.45, 7) is 2.93. The van der Waals surface area contributed by atoms with Gasteiger partial charge in [-0.1, -0.05) is 17.3 Å². The van der Waals surface area contributed by atoms with Crippen molar-refractivity contribution in [2.24, 2.45) is 5.73 Å². The standard InChI is InChI=1S/C14H18N4O2/c1-18-6-7-19-12(9-18)13-16-14(20-17-13)11-4-2-10(8-15)3-5-11/h2-5,12H,6-9,15H2,1H3. The molecule has 0 amide bonds. The molecule has 6 nitrogen and oxygen atoms in total. The molecule has 1 unspecified atom stereocenters. The van der Waals surface area contributed by atoms with E-state index in [1.54, 1.807) is 0 Å². The van der Waals surface area contributed by atoms with Crippen molar-refractivity contribution in [1.82, 2.24) is 15.0 Å². The van der Waals surface area contributed by atoms with Crippen LogP contribution in [0.3, 0.4) is 0 Å². The van der Waals surface area contributed by atoms with Gasteiger partial charge in [0.1, 0.15) is 6.10 Å². The molecule has 6 heteroatoms. The molecule has 1 fully saturated rings. The van der Waals surface area contributed by atoms with E-state index >= 15 is 0 Å². The van der Waals surface area contributed by atoms with E-state index in [2.05, 4.69) is 22.1 Å². The van der Waals surface area contributed by atoms with Gasteiger partial charge in [-0.2, -0.15) is 4.98 Å². The van der Waals surface area contributed by atoms with Crippen LogP contribution in [0.25, 0.3) is 11.5 Å². The number of aromatic nitrogens is 2. The molecule has 0 saturated carbocycles. The Balaban J connectivity index is 1.78. The zero-order valence-corrected chi connectivity index (χ0v) is 11.5.